The molecular weight excluding hydrogens is 599 g/mol. The predicted octanol–water partition coefficient (Wildman–Crippen LogP) is 9.58. The van der Waals surface area contributed by atoms with Crippen molar-refractivity contribution in [2.75, 3.05) is 4.90 Å². The molecule has 9 rings (SSSR count). The third-order valence-corrected chi connectivity index (χ3v) is 18.0. The van der Waals surface area contributed by atoms with Crippen LogP contribution in [0.5, 0.6) is 0 Å². The van der Waals surface area contributed by atoms with Crippen molar-refractivity contribution in [2.45, 2.75) is 26.2 Å². The number of nitrogens with zero attached hydrogens (tertiary/aromatic N) is 1. The van der Waals surface area contributed by atoms with Gasteiger partial charge < -0.3 is 4.90 Å². The largest absolute Gasteiger partial charge is 0.310 e. The summed E-state index contributed by atoms with van der Waals surface area (Å²) in [4.78, 5) is 2.54. The van der Waals surface area contributed by atoms with Crippen molar-refractivity contribution in [2.24, 2.45) is 0 Å². The van der Waals surface area contributed by atoms with Crippen LogP contribution in [0.25, 0.3) is 44.2 Å². The second-order valence-corrected chi connectivity index (χ2v) is 22.8. The van der Waals surface area contributed by atoms with Gasteiger partial charge in [-0.05, 0) is 89.7 Å². The van der Waals surface area contributed by atoms with Crippen molar-refractivity contribution in [3.8, 4) is 33.4 Å². The van der Waals surface area contributed by atoms with E-state index in [4.69, 9.17) is 0 Å². The van der Waals surface area contributed by atoms with Gasteiger partial charge in [0.05, 0.1) is 5.69 Å². The lowest BCUT2D eigenvalue weighted by Crippen LogP contribution is -2.49. The molecule has 2 aliphatic heterocycles. The summed E-state index contributed by atoms with van der Waals surface area (Å²) >= 11 is 0. The van der Waals surface area contributed by atoms with Crippen molar-refractivity contribution in [3.05, 3.63) is 152 Å². The highest BCUT2D eigenvalue weighted by Crippen LogP contribution is 2.44. The Bertz CT molecular complexity index is 2270. The van der Waals surface area contributed by atoms with E-state index in [1.165, 1.54) is 82.0 Å². The Morgan fingerprint density at radius 3 is 1.43 bits per heavy atom. The summed E-state index contributed by atoms with van der Waals surface area (Å²) < 4.78 is 0. The summed E-state index contributed by atoms with van der Waals surface area (Å²) in [7, 11) is -3.75. The van der Waals surface area contributed by atoms with Crippen molar-refractivity contribution in [1.82, 2.24) is 0 Å². The molecule has 0 aromatic heterocycles. The van der Waals surface area contributed by atoms with Crippen LogP contribution < -0.4 is 25.6 Å². The van der Waals surface area contributed by atoms with Crippen LogP contribution in [0, 0.1) is 0 Å². The van der Waals surface area contributed by atoms with E-state index < -0.39 is 16.1 Å². The second kappa shape index (κ2) is 10.3. The lowest BCUT2D eigenvalue weighted by atomic mass is 9.96. The van der Waals surface area contributed by atoms with Crippen LogP contribution in [0.2, 0.25) is 26.2 Å². The SMILES string of the molecule is C[Si]1(C)c2ccccc2-c2ccc(N(c3ccc4c(c3)[Si](C)(C)c3ccccc3-4)c3ccccc3-c3cccc4ccccc34)cc21. The first-order valence-electron chi connectivity index (χ1n) is 16.7. The molecule has 0 unspecified atom stereocenters. The Labute approximate surface area is 279 Å². The van der Waals surface area contributed by atoms with Gasteiger partial charge >= 0.3 is 0 Å². The lowest BCUT2D eigenvalue weighted by Gasteiger charge is -2.31. The first kappa shape index (κ1) is 28.3. The monoisotopic (exact) mass is 635 g/mol. The molecule has 7 aromatic carbocycles. The van der Waals surface area contributed by atoms with Crippen molar-refractivity contribution >= 4 is 64.7 Å². The van der Waals surface area contributed by atoms with Crippen LogP contribution in [-0.4, -0.2) is 16.1 Å². The summed E-state index contributed by atoms with van der Waals surface area (Å²) in [6.07, 6.45) is 0. The molecule has 0 atom stereocenters. The van der Waals surface area contributed by atoms with Crippen LogP contribution in [0.1, 0.15) is 0 Å². The van der Waals surface area contributed by atoms with Crippen molar-refractivity contribution in [3.63, 3.8) is 0 Å². The summed E-state index contributed by atoms with van der Waals surface area (Å²) in [5.41, 5.74) is 11.8. The summed E-state index contributed by atoms with van der Waals surface area (Å²) in [5, 5.41) is 8.66. The number of fused-ring (bicyclic) bond motifs is 7. The maximum Gasteiger partial charge on any atom is 0.113 e. The maximum absolute atomic E-state index is 2.54. The number of benzene rings is 7. The van der Waals surface area contributed by atoms with Gasteiger partial charge in [0.15, 0.2) is 0 Å². The van der Waals surface area contributed by atoms with Gasteiger partial charge in [0.25, 0.3) is 0 Å². The Morgan fingerprint density at radius 1 is 0.362 bits per heavy atom. The van der Waals surface area contributed by atoms with Gasteiger partial charge in [-0.2, -0.15) is 0 Å². The molecular formula is C44H37NSi2. The minimum Gasteiger partial charge on any atom is -0.310 e. The molecule has 2 aliphatic rings. The van der Waals surface area contributed by atoms with E-state index in [-0.39, 0.29) is 0 Å². The molecule has 0 saturated heterocycles. The van der Waals surface area contributed by atoms with Crippen LogP contribution in [0.3, 0.4) is 0 Å². The van der Waals surface area contributed by atoms with Crippen LogP contribution in [0.15, 0.2) is 152 Å². The molecule has 0 spiro atoms. The standard InChI is InChI=1S/C44H37NSi2/c1-46(2)41-22-11-8-18-36(41)38-26-24-31(28-43(38)46)45(32-25-27-39-37-19-9-12-23-42(37)47(3,4)44(39)29-32)40-21-10-7-17-35(40)34-20-13-15-30-14-5-6-16-33(30)34/h5-29H,1-4H3. The van der Waals surface area contributed by atoms with Crippen LogP contribution >= 0.6 is 0 Å². The third kappa shape index (κ3) is 4.13. The highest BCUT2D eigenvalue weighted by atomic mass is 28.3. The topological polar surface area (TPSA) is 3.24 Å². The van der Waals surface area contributed by atoms with E-state index in [1.54, 1.807) is 0 Å². The van der Waals surface area contributed by atoms with E-state index in [9.17, 15) is 0 Å². The molecule has 0 N–H and O–H groups in total. The smallest absolute Gasteiger partial charge is 0.113 e. The van der Waals surface area contributed by atoms with Gasteiger partial charge in [0.1, 0.15) is 16.1 Å². The molecule has 0 bridgehead atoms. The fraction of sp³-hybridized carbons (Fsp3) is 0.0909. The number of rotatable bonds is 4. The molecule has 1 nitrogen and oxygen atoms in total. The normalized spacial score (nSPS) is 14.7. The highest BCUT2D eigenvalue weighted by Gasteiger charge is 2.39. The quantitative estimate of drug-likeness (QED) is 0.174. The lowest BCUT2D eigenvalue weighted by molar-refractivity contribution is 1.29. The number of hydrogen-bond acceptors (Lipinski definition) is 1. The van der Waals surface area contributed by atoms with E-state index in [2.05, 4.69) is 183 Å². The van der Waals surface area contributed by atoms with Gasteiger partial charge in [-0.25, -0.2) is 0 Å². The summed E-state index contributed by atoms with van der Waals surface area (Å²) in [5.74, 6) is 0. The first-order chi connectivity index (χ1) is 22.8. The molecule has 0 aliphatic carbocycles. The molecule has 47 heavy (non-hydrogen) atoms. The molecule has 7 aromatic rings. The van der Waals surface area contributed by atoms with E-state index >= 15 is 0 Å². The fourth-order valence-corrected chi connectivity index (χ4v) is 14.6. The average molecular weight is 636 g/mol. The molecule has 0 amide bonds. The molecule has 226 valence electrons. The van der Waals surface area contributed by atoms with Crippen molar-refractivity contribution < 1.29 is 0 Å². The Kier molecular flexibility index (Phi) is 6.18. The molecule has 0 saturated carbocycles. The van der Waals surface area contributed by atoms with E-state index in [0.717, 1.165) is 0 Å². The van der Waals surface area contributed by atoms with Gasteiger partial charge in [-0.15, -0.1) is 0 Å². The van der Waals surface area contributed by atoms with E-state index in [0.29, 0.717) is 0 Å². The predicted molar refractivity (Wildman–Crippen MR) is 208 cm³/mol. The fourth-order valence-electron chi connectivity index (χ4n) is 8.45. The van der Waals surface area contributed by atoms with Gasteiger partial charge in [0.2, 0.25) is 0 Å². The third-order valence-electron chi connectivity index (χ3n) is 10.9. The van der Waals surface area contributed by atoms with Crippen molar-refractivity contribution in [1.29, 1.82) is 0 Å². The van der Waals surface area contributed by atoms with Crippen LogP contribution in [-0.2, 0) is 0 Å². The van der Waals surface area contributed by atoms with Gasteiger partial charge in [-0.3, -0.25) is 0 Å². The zero-order chi connectivity index (χ0) is 31.9. The zero-order valence-corrected chi connectivity index (χ0v) is 29.4. The van der Waals surface area contributed by atoms with Gasteiger partial charge in [0, 0.05) is 16.9 Å². The maximum atomic E-state index is 2.54. The second-order valence-electron chi connectivity index (χ2n) is 14.2. The average Bonchev–Trinajstić information content (AvgIpc) is 3.48. The molecule has 0 fully saturated rings. The summed E-state index contributed by atoms with van der Waals surface area (Å²) in [6, 6.07) is 57.1. The number of anilines is 3. The molecule has 0 radical (unpaired) electrons. The highest BCUT2D eigenvalue weighted by molar-refractivity contribution is 7.04. The first-order valence-corrected chi connectivity index (χ1v) is 22.7. The Morgan fingerprint density at radius 2 is 0.809 bits per heavy atom. The zero-order valence-electron chi connectivity index (χ0n) is 27.4. The summed E-state index contributed by atoms with van der Waals surface area (Å²) in [6.45, 7) is 10.0. The number of hydrogen-bond donors (Lipinski definition) is 0. The minimum atomic E-state index is -1.88. The molecule has 3 heteroatoms. The van der Waals surface area contributed by atoms with E-state index in [1.807, 2.05) is 0 Å². The Balaban J connectivity index is 1.30. The molecule has 2 heterocycles. The Hall–Kier alpha value is -4.97. The number of para-hydroxylation sites is 1. The minimum absolute atomic E-state index is 1.20. The van der Waals surface area contributed by atoms with Crippen LogP contribution in [0.4, 0.5) is 17.1 Å². The van der Waals surface area contributed by atoms with Gasteiger partial charge in [-0.1, -0.05) is 148 Å².